The van der Waals surface area contributed by atoms with E-state index in [1.165, 1.54) is 6.92 Å². The molecule has 0 radical (unpaired) electrons. The minimum absolute atomic E-state index is 0.197. The maximum atomic E-state index is 13.5. The van der Waals surface area contributed by atoms with Crippen LogP contribution in [-0.4, -0.2) is 47.1 Å². The smallest absolute Gasteiger partial charge is 0.410 e. The highest BCUT2D eigenvalue weighted by atomic mass is 16.6. The van der Waals surface area contributed by atoms with Gasteiger partial charge in [0.05, 0.1) is 0 Å². The fraction of sp³-hybridized carbons (Fsp3) is 0.400. The van der Waals surface area contributed by atoms with Crippen LogP contribution in [0.5, 0.6) is 5.75 Å². The first-order valence-corrected chi connectivity index (χ1v) is 11.0. The van der Waals surface area contributed by atoms with Gasteiger partial charge >= 0.3 is 6.09 Å². The molecule has 2 aromatic rings. The molecule has 0 unspecified atom stereocenters. The van der Waals surface area contributed by atoms with Gasteiger partial charge in [-0.15, -0.1) is 0 Å². The number of nitrogens with zero attached hydrogens (tertiary/aromatic N) is 1. The van der Waals surface area contributed by atoms with Crippen LogP contribution in [0.2, 0.25) is 0 Å². The van der Waals surface area contributed by atoms with Crippen molar-refractivity contribution in [3.05, 3.63) is 54.6 Å². The van der Waals surface area contributed by atoms with E-state index in [4.69, 9.17) is 9.47 Å². The van der Waals surface area contributed by atoms with Crippen LogP contribution >= 0.6 is 0 Å². The molecule has 0 bridgehead atoms. The zero-order chi connectivity index (χ0) is 24.1. The Morgan fingerprint density at radius 3 is 2.09 bits per heavy atom. The number of piperidine rings is 1. The standard InChI is InChI=1S/C25H31N3O5/c1-18(29)26-19-9-8-10-20(17-19)27-22(30)25(32-21-11-6-5-7-12-21)13-15-28(16-14-25)23(31)33-24(2,3)4/h5-12,17H,13-16H2,1-4H3,(H,26,29)(H,27,30). The van der Waals surface area contributed by atoms with Crippen LogP contribution in [-0.2, 0) is 14.3 Å². The van der Waals surface area contributed by atoms with Crippen LogP contribution in [0.4, 0.5) is 16.2 Å². The van der Waals surface area contributed by atoms with Gasteiger partial charge in [-0.2, -0.15) is 0 Å². The molecule has 0 atom stereocenters. The van der Waals surface area contributed by atoms with Crippen LogP contribution in [0.1, 0.15) is 40.5 Å². The number of ether oxygens (including phenoxy) is 2. The number of para-hydroxylation sites is 1. The first-order chi connectivity index (χ1) is 15.6. The van der Waals surface area contributed by atoms with Crippen molar-refractivity contribution < 1.29 is 23.9 Å². The van der Waals surface area contributed by atoms with Crippen LogP contribution in [0.3, 0.4) is 0 Å². The van der Waals surface area contributed by atoms with Crippen molar-refractivity contribution in [3.63, 3.8) is 0 Å². The lowest BCUT2D eigenvalue weighted by Gasteiger charge is -2.40. The molecular weight excluding hydrogens is 422 g/mol. The molecule has 1 saturated heterocycles. The van der Waals surface area contributed by atoms with Crippen LogP contribution < -0.4 is 15.4 Å². The SMILES string of the molecule is CC(=O)Nc1cccc(NC(=O)C2(Oc3ccccc3)CCN(C(=O)OC(C)(C)C)CC2)c1. The Morgan fingerprint density at radius 2 is 1.52 bits per heavy atom. The topological polar surface area (TPSA) is 97.0 Å². The van der Waals surface area contributed by atoms with Crippen molar-refractivity contribution >= 4 is 29.3 Å². The Morgan fingerprint density at radius 1 is 0.909 bits per heavy atom. The van der Waals surface area contributed by atoms with E-state index in [0.29, 0.717) is 43.1 Å². The fourth-order valence-corrected chi connectivity index (χ4v) is 3.59. The van der Waals surface area contributed by atoms with Crippen molar-refractivity contribution in [3.8, 4) is 5.75 Å². The van der Waals surface area contributed by atoms with Crippen LogP contribution in [0.25, 0.3) is 0 Å². The van der Waals surface area contributed by atoms with E-state index in [2.05, 4.69) is 10.6 Å². The summed E-state index contributed by atoms with van der Waals surface area (Å²) in [6.45, 7) is 7.52. The largest absolute Gasteiger partial charge is 0.477 e. The lowest BCUT2D eigenvalue weighted by molar-refractivity contribution is -0.135. The van der Waals surface area contributed by atoms with Gasteiger partial charge in [0.1, 0.15) is 11.4 Å². The Hall–Kier alpha value is -3.55. The summed E-state index contributed by atoms with van der Waals surface area (Å²) in [6.07, 6.45) is 0.204. The molecule has 8 heteroatoms. The lowest BCUT2D eigenvalue weighted by Crippen LogP contribution is -2.56. The average molecular weight is 454 g/mol. The molecule has 1 aliphatic rings. The van der Waals surface area contributed by atoms with Gasteiger partial charge in [0.2, 0.25) is 5.91 Å². The summed E-state index contributed by atoms with van der Waals surface area (Å²) in [5.41, 5.74) is -0.637. The van der Waals surface area contributed by atoms with E-state index in [1.54, 1.807) is 41.3 Å². The van der Waals surface area contributed by atoms with E-state index in [0.717, 1.165) is 0 Å². The Labute approximate surface area is 194 Å². The van der Waals surface area contributed by atoms with Gasteiger partial charge < -0.3 is 25.0 Å². The molecule has 1 fully saturated rings. The Balaban J connectivity index is 1.78. The minimum atomic E-state index is -1.16. The summed E-state index contributed by atoms with van der Waals surface area (Å²) < 4.78 is 11.7. The maximum absolute atomic E-state index is 13.5. The summed E-state index contributed by atoms with van der Waals surface area (Å²) in [5, 5.41) is 5.62. The molecule has 3 rings (SSSR count). The lowest BCUT2D eigenvalue weighted by atomic mass is 9.89. The third kappa shape index (κ3) is 6.71. The molecular formula is C25H31N3O5. The second kappa shape index (κ2) is 9.94. The first kappa shape index (κ1) is 24.1. The predicted molar refractivity (Wildman–Crippen MR) is 126 cm³/mol. The van der Waals surface area contributed by atoms with E-state index < -0.39 is 17.3 Å². The highest BCUT2D eigenvalue weighted by Crippen LogP contribution is 2.31. The molecule has 176 valence electrons. The molecule has 2 N–H and O–H groups in total. The number of hydrogen-bond donors (Lipinski definition) is 2. The number of benzene rings is 2. The Bertz CT molecular complexity index is 993. The van der Waals surface area contributed by atoms with Gasteiger partial charge in [-0.05, 0) is 51.1 Å². The summed E-state index contributed by atoms with van der Waals surface area (Å²) >= 11 is 0. The molecule has 1 aliphatic heterocycles. The van der Waals surface area contributed by atoms with Crippen molar-refractivity contribution in [1.82, 2.24) is 4.90 Å². The molecule has 0 aromatic heterocycles. The summed E-state index contributed by atoms with van der Waals surface area (Å²) in [5.74, 6) is 0.0670. The average Bonchev–Trinajstić information content (AvgIpc) is 2.73. The van der Waals surface area contributed by atoms with Crippen molar-refractivity contribution in [1.29, 1.82) is 0 Å². The molecule has 8 nitrogen and oxygen atoms in total. The summed E-state index contributed by atoms with van der Waals surface area (Å²) in [4.78, 5) is 38.9. The summed E-state index contributed by atoms with van der Waals surface area (Å²) in [7, 11) is 0. The maximum Gasteiger partial charge on any atom is 0.410 e. The van der Waals surface area contributed by atoms with E-state index in [1.807, 2.05) is 39.0 Å². The van der Waals surface area contributed by atoms with E-state index in [9.17, 15) is 14.4 Å². The molecule has 0 aliphatic carbocycles. The second-order valence-electron chi connectivity index (χ2n) is 9.09. The molecule has 2 aromatic carbocycles. The highest BCUT2D eigenvalue weighted by Gasteiger charge is 2.45. The number of carbonyl (C=O) groups is 3. The minimum Gasteiger partial charge on any atom is -0.477 e. The number of likely N-dealkylation sites (tertiary alicyclic amines) is 1. The summed E-state index contributed by atoms with van der Waals surface area (Å²) in [6, 6.07) is 16.1. The molecule has 0 spiro atoms. The normalized spacial score (nSPS) is 15.3. The number of carbonyl (C=O) groups excluding carboxylic acids is 3. The van der Waals surface area contributed by atoms with E-state index in [-0.39, 0.29) is 11.8 Å². The zero-order valence-electron chi connectivity index (χ0n) is 19.5. The third-order valence-corrected chi connectivity index (χ3v) is 5.13. The number of nitrogens with one attached hydrogen (secondary N) is 2. The van der Waals surface area contributed by atoms with E-state index >= 15 is 0 Å². The highest BCUT2D eigenvalue weighted by molar-refractivity contribution is 5.98. The third-order valence-electron chi connectivity index (χ3n) is 5.13. The van der Waals surface area contributed by atoms with Crippen molar-refractivity contribution in [2.45, 2.75) is 51.7 Å². The Kier molecular flexibility index (Phi) is 7.26. The quantitative estimate of drug-likeness (QED) is 0.698. The molecule has 3 amide bonds. The number of amides is 3. The predicted octanol–water partition coefficient (Wildman–Crippen LogP) is 4.43. The van der Waals surface area contributed by atoms with Gasteiger partial charge in [-0.1, -0.05) is 24.3 Å². The van der Waals surface area contributed by atoms with Gasteiger partial charge in [-0.3, -0.25) is 9.59 Å². The number of rotatable bonds is 5. The molecule has 33 heavy (non-hydrogen) atoms. The molecule has 0 saturated carbocycles. The number of hydrogen-bond acceptors (Lipinski definition) is 5. The first-order valence-electron chi connectivity index (χ1n) is 11.0. The van der Waals surface area contributed by atoms with Crippen molar-refractivity contribution in [2.75, 3.05) is 23.7 Å². The molecule has 1 heterocycles. The monoisotopic (exact) mass is 453 g/mol. The zero-order valence-corrected chi connectivity index (χ0v) is 19.5. The van der Waals surface area contributed by atoms with Gasteiger partial charge in [-0.25, -0.2) is 4.79 Å². The van der Waals surface area contributed by atoms with Crippen molar-refractivity contribution in [2.24, 2.45) is 0 Å². The second-order valence-corrected chi connectivity index (χ2v) is 9.09. The number of anilines is 2. The fourth-order valence-electron chi connectivity index (χ4n) is 3.59. The van der Waals surface area contributed by atoms with Gasteiger partial charge in [0.15, 0.2) is 5.60 Å². The van der Waals surface area contributed by atoms with Crippen LogP contribution in [0, 0.1) is 0 Å². The van der Waals surface area contributed by atoms with Crippen LogP contribution in [0.15, 0.2) is 54.6 Å². The van der Waals surface area contributed by atoms with Gasteiger partial charge in [0.25, 0.3) is 5.91 Å². The van der Waals surface area contributed by atoms with Gasteiger partial charge in [0, 0.05) is 44.2 Å².